The molecule has 3 aliphatic rings. The zero-order chi connectivity index (χ0) is 12.3. The van der Waals surface area contributed by atoms with Crippen LogP contribution in [0, 0.1) is 5.41 Å². The van der Waals surface area contributed by atoms with Gasteiger partial charge in [0.25, 0.3) is 5.91 Å². The SMILES string of the molecule is CC(F)CN1CCC2(CC1)C(=O)N1NCC12F. The van der Waals surface area contributed by atoms with Gasteiger partial charge in [0.15, 0.2) is 0 Å². The van der Waals surface area contributed by atoms with Gasteiger partial charge in [-0.15, -0.1) is 0 Å². The van der Waals surface area contributed by atoms with Gasteiger partial charge in [0.2, 0.25) is 5.79 Å². The van der Waals surface area contributed by atoms with Crippen LogP contribution in [0.4, 0.5) is 8.78 Å². The molecule has 4 nitrogen and oxygen atoms in total. The van der Waals surface area contributed by atoms with Gasteiger partial charge in [-0.05, 0) is 32.9 Å². The number of nitrogens with zero attached hydrogens (tertiary/aromatic N) is 2. The molecule has 1 amide bonds. The molecule has 17 heavy (non-hydrogen) atoms. The Morgan fingerprint density at radius 2 is 2.12 bits per heavy atom. The molecule has 0 bridgehead atoms. The third-order valence-electron chi connectivity index (χ3n) is 4.39. The van der Waals surface area contributed by atoms with E-state index in [1.165, 1.54) is 6.92 Å². The van der Waals surface area contributed by atoms with Crippen LogP contribution < -0.4 is 5.43 Å². The van der Waals surface area contributed by atoms with Crippen molar-refractivity contribution in [3.63, 3.8) is 0 Å². The summed E-state index contributed by atoms with van der Waals surface area (Å²) in [5.41, 5.74) is 1.86. The number of hydrogen-bond donors (Lipinski definition) is 1. The second-order valence-corrected chi connectivity index (χ2v) is 5.40. The summed E-state index contributed by atoms with van der Waals surface area (Å²) in [4.78, 5) is 13.8. The normalized spacial score (nSPS) is 37.4. The van der Waals surface area contributed by atoms with Crippen molar-refractivity contribution in [2.45, 2.75) is 31.7 Å². The van der Waals surface area contributed by atoms with Gasteiger partial charge in [0, 0.05) is 6.54 Å². The number of hydrogen-bond acceptors (Lipinski definition) is 3. The lowest BCUT2D eigenvalue weighted by Crippen LogP contribution is -2.90. The predicted molar refractivity (Wildman–Crippen MR) is 57.4 cm³/mol. The number of carbonyl (C=O) groups is 1. The average Bonchev–Trinajstić information content (AvgIpc) is 2.27. The maximum absolute atomic E-state index is 14.4. The molecule has 0 aliphatic carbocycles. The Morgan fingerprint density at radius 3 is 2.53 bits per heavy atom. The molecule has 3 rings (SSSR count). The molecule has 0 aromatic heterocycles. The summed E-state index contributed by atoms with van der Waals surface area (Å²) >= 11 is 0. The van der Waals surface area contributed by atoms with Gasteiger partial charge in [-0.3, -0.25) is 4.79 Å². The van der Waals surface area contributed by atoms with Crippen LogP contribution in [0.5, 0.6) is 0 Å². The summed E-state index contributed by atoms with van der Waals surface area (Å²) in [6, 6.07) is 0. The highest BCUT2D eigenvalue weighted by Crippen LogP contribution is 2.58. The van der Waals surface area contributed by atoms with E-state index < -0.39 is 17.4 Å². The number of β-lactam (4-membered cyclic amide) rings is 1. The van der Waals surface area contributed by atoms with E-state index in [4.69, 9.17) is 0 Å². The molecule has 96 valence electrons. The highest BCUT2D eigenvalue weighted by molar-refractivity contribution is 5.92. The fourth-order valence-electron chi connectivity index (χ4n) is 3.31. The highest BCUT2D eigenvalue weighted by Gasteiger charge is 2.77. The lowest BCUT2D eigenvalue weighted by atomic mass is 9.61. The summed E-state index contributed by atoms with van der Waals surface area (Å²) in [5.74, 6) is -1.60. The minimum absolute atomic E-state index is 0.126. The summed E-state index contributed by atoms with van der Waals surface area (Å²) < 4.78 is 27.3. The minimum Gasteiger partial charge on any atom is -0.300 e. The van der Waals surface area contributed by atoms with Crippen LogP contribution in [-0.2, 0) is 4.79 Å². The fourth-order valence-corrected chi connectivity index (χ4v) is 3.31. The summed E-state index contributed by atoms with van der Waals surface area (Å²) in [5, 5.41) is 1.11. The zero-order valence-electron chi connectivity index (χ0n) is 9.88. The lowest BCUT2D eigenvalue weighted by Gasteiger charge is -2.67. The molecule has 0 aromatic carbocycles. The van der Waals surface area contributed by atoms with Gasteiger partial charge in [-0.25, -0.2) is 19.2 Å². The number of amides is 1. The molecular weight excluding hydrogens is 228 g/mol. The zero-order valence-corrected chi connectivity index (χ0v) is 9.88. The van der Waals surface area contributed by atoms with E-state index in [0.29, 0.717) is 32.5 Å². The van der Waals surface area contributed by atoms with Crippen molar-refractivity contribution in [2.24, 2.45) is 5.41 Å². The van der Waals surface area contributed by atoms with Crippen molar-refractivity contribution in [1.82, 2.24) is 15.3 Å². The maximum Gasteiger partial charge on any atom is 0.251 e. The molecule has 0 radical (unpaired) electrons. The van der Waals surface area contributed by atoms with E-state index in [1.807, 2.05) is 4.90 Å². The summed E-state index contributed by atoms with van der Waals surface area (Å²) in [6.45, 7) is 3.36. The Labute approximate surface area is 98.9 Å². The van der Waals surface area contributed by atoms with E-state index in [9.17, 15) is 13.6 Å². The summed E-state index contributed by atoms with van der Waals surface area (Å²) in [6.07, 6.45) is 0.142. The van der Waals surface area contributed by atoms with Crippen LogP contribution in [0.3, 0.4) is 0 Å². The molecule has 6 heteroatoms. The Morgan fingerprint density at radius 1 is 1.47 bits per heavy atom. The van der Waals surface area contributed by atoms with Crippen LogP contribution in [0.15, 0.2) is 0 Å². The second-order valence-electron chi connectivity index (χ2n) is 5.40. The van der Waals surface area contributed by atoms with E-state index in [0.717, 1.165) is 5.01 Å². The standard InChI is InChI=1S/C11H17F2N3O/c1-8(12)6-15-4-2-10(3-5-15)9(17)16-11(10,13)7-14-16/h8,14H,2-7H2,1H3. The molecule has 3 saturated heterocycles. The van der Waals surface area contributed by atoms with Crippen LogP contribution in [0.25, 0.3) is 0 Å². The van der Waals surface area contributed by atoms with E-state index in [2.05, 4.69) is 5.43 Å². The van der Waals surface area contributed by atoms with Gasteiger partial charge >= 0.3 is 0 Å². The molecule has 1 N–H and O–H groups in total. The number of halogens is 2. The molecule has 2 atom stereocenters. The number of hydrazine groups is 1. The number of nitrogens with one attached hydrogen (secondary N) is 1. The van der Waals surface area contributed by atoms with Crippen molar-refractivity contribution in [2.75, 3.05) is 26.2 Å². The predicted octanol–water partition coefficient (Wildman–Crippen LogP) is 0.453. The lowest BCUT2D eigenvalue weighted by molar-refractivity contribution is -0.297. The first-order chi connectivity index (χ1) is 7.99. The first kappa shape index (κ1) is 11.3. The van der Waals surface area contributed by atoms with Gasteiger partial charge in [0.05, 0.1) is 6.54 Å². The molecule has 3 fully saturated rings. The number of carbonyl (C=O) groups excluding carboxylic acids is 1. The van der Waals surface area contributed by atoms with Crippen molar-refractivity contribution in [1.29, 1.82) is 0 Å². The fraction of sp³-hybridized carbons (Fsp3) is 0.909. The van der Waals surface area contributed by atoms with Gasteiger partial charge in [-0.2, -0.15) is 0 Å². The van der Waals surface area contributed by atoms with E-state index in [1.54, 1.807) is 0 Å². The van der Waals surface area contributed by atoms with Crippen LogP contribution in [-0.4, -0.2) is 54.0 Å². The third kappa shape index (κ3) is 1.25. The Bertz CT molecular complexity index is 355. The Balaban J connectivity index is 1.67. The Kier molecular flexibility index (Phi) is 2.26. The number of likely N-dealkylation sites (tertiary alicyclic amines) is 1. The molecule has 2 unspecified atom stereocenters. The van der Waals surface area contributed by atoms with Crippen LogP contribution in [0.1, 0.15) is 19.8 Å². The Hall–Kier alpha value is -0.750. The van der Waals surface area contributed by atoms with Crippen molar-refractivity contribution in [3.8, 4) is 0 Å². The first-order valence-corrected chi connectivity index (χ1v) is 6.13. The third-order valence-corrected chi connectivity index (χ3v) is 4.39. The van der Waals surface area contributed by atoms with Crippen molar-refractivity contribution < 1.29 is 13.6 Å². The molecule has 0 aromatic rings. The number of alkyl halides is 2. The maximum atomic E-state index is 14.4. The van der Waals surface area contributed by atoms with Gasteiger partial charge < -0.3 is 4.90 Å². The topological polar surface area (TPSA) is 35.6 Å². The second kappa shape index (κ2) is 3.38. The highest BCUT2D eigenvalue weighted by atomic mass is 19.1. The van der Waals surface area contributed by atoms with Crippen LogP contribution >= 0.6 is 0 Å². The molecular formula is C11H17F2N3O. The molecule has 3 aliphatic heterocycles. The number of piperidine rings is 1. The average molecular weight is 245 g/mol. The minimum atomic E-state index is -1.47. The quantitative estimate of drug-likeness (QED) is 0.567. The van der Waals surface area contributed by atoms with Crippen molar-refractivity contribution >= 4 is 5.91 Å². The number of fused-ring (bicyclic) bond motifs is 2. The van der Waals surface area contributed by atoms with Gasteiger partial charge in [-0.1, -0.05) is 0 Å². The first-order valence-electron chi connectivity index (χ1n) is 6.13. The molecule has 3 heterocycles. The van der Waals surface area contributed by atoms with E-state index in [-0.39, 0.29) is 12.5 Å². The molecule has 1 spiro atoms. The summed E-state index contributed by atoms with van der Waals surface area (Å²) in [7, 11) is 0. The van der Waals surface area contributed by atoms with Gasteiger partial charge in [0.1, 0.15) is 11.6 Å². The van der Waals surface area contributed by atoms with Crippen molar-refractivity contribution in [3.05, 3.63) is 0 Å². The largest absolute Gasteiger partial charge is 0.300 e. The monoisotopic (exact) mass is 245 g/mol. The smallest absolute Gasteiger partial charge is 0.251 e. The molecule has 0 saturated carbocycles. The number of rotatable bonds is 2. The van der Waals surface area contributed by atoms with E-state index >= 15 is 0 Å². The van der Waals surface area contributed by atoms with Crippen LogP contribution in [0.2, 0.25) is 0 Å².